The van der Waals surface area contributed by atoms with Gasteiger partial charge >= 0.3 is 0 Å². The molecular formula is C9H16O. The number of hydrogen-bond donors (Lipinski definition) is 1. The van der Waals surface area contributed by atoms with Crippen LogP contribution in [0.25, 0.3) is 0 Å². The van der Waals surface area contributed by atoms with Crippen LogP contribution < -0.4 is 0 Å². The minimum Gasteiger partial charge on any atom is -0.390 e. The van der Waals surface area contributed by atoms with Gasteiger partial charge in [-0.3, -0.25) is 0 Å². The molecule has 10 heavy (non-hydrogen) atoms. The Morgan fingerprint density at radius 2 is 2.10 bits per heavy atom. The Labute approximate surface area is 62.8 Å². The van der Waals surface area contributed by atoms with E-state index in [0.29, 0.717) is 5.92 Å². The minimum absolute atomic E-state index is 0.470. The fourth-order valence-electron chi connectivity index (χ4n) is 1.44. The maximum atomic E-state index is 9.61. The topological polar surface area (TPSA) is 20.2 Å². The van der Waals surface area contributed by atoms with Crippen LogP contribution in [-0.4, -0.2) is 10.7 Å². The zero-order chi connectivity index (χ0) is 7.61. The van der Waals surface area contributed by atoms with E-state index in [1.165, 1.54) is 0 Å². The van der Waals surface area contributed by atoms with Crippen LogP contribution in [0.15, 0.2) is 12.2 Å². The molecule has 0 spiro atoms. The molecule has 0 aromatic carbocycles. The van der Waals surface area contributed by atoms with Crippen molar-refractivity contribution in [3.05, 3.63) is 12.2 Å². The highest BCUT2D eigenvalue weighted by atomic mass is 16.3. The molecule has 1 nitrogen and oxygen atoms in total. The summed E-state index contributed by atoms with van der Waals surface area (Å²) in [6.45, 7) is 3.80. The molecule has 0 heterocycles. The first-order valence-corrected chi connectivity index (χ1v) is 3.98. The number of allylic oxidation sites excluding steroid dienone is 2. The molecule has 1 aliphatic carbocycles. The summed E-state index contributed by atoms with van der Waals surface area (Å²) in [7, 11) is 0. The lowest BCUT2D eigenvalue weighted by molar-refractivity contribution is 0.0132. The van der Waals surface area contributed by atoms with E-state index in [2.05, 4.69) is 12.2 Å². The zero-order valence-electron chi connectivity index (χ0n) is 6.80. The van der Waals surface area contributed by atoms with Gasteiger partial charge in [-0.1, -0.05) is 12.2 Å². The lowest BCUT2D eigenvalue weighted by Gasteiger charge is -2.29. The highest BCUT2D eigenvalue weighted by molar-refractivity contribution is 4.94. The lowest BCUT2D eigenvalue weighted by Crippen LogP contribution is -2.31. The van der Waals surface area contributed by atoms with E-state index >= 15 is 0 Å². The van der Waals surface area contributed by atoms with E-state index in [1.54, 1.807) is 0 Å². The van der Waals surface area contributed by atoms with Crippen molar-refractivity contribution in [2.24, 2.45) is 5.92 Å². The van der Waals surface area contributed by atoms with Crippen LogP contribution in [0.2, 0.25) is 0 Å². The normalized spacial score (nSPS) is 26.9. The van der Waals surface area contributed by atoms with Crippen LogP contribution in [0, 0.1) is 5.92 Å². The van der Waals surface area contributed by atoms with Gasteiger partial charge in [0.05, 0.1) is 5.60 Å². The Morgan fingerprint density at radius 1 is 1.40 bits per heavy atom. The van der Waals surface area contributed by atoms with Gasteiger partial charge < -0.3 is 5.11 Å². The fraction of sp³-hybridized carbons (Fsp3) is 0.778. The van der Waals surface area contributed by atoms with Gasteiger partial charge in [-0.05, 0) is 39.0 Å². The second-order valence-corrected chi connectivity index (χ2v) is 3.64. The summed E-state index contributed by atoms with van der Waals surface area (Å²) in [5.74, 6) is 0.470. The first kappa shape index (κ1) is 7.80. The second-order valence-electron chi connectivity index (χ2n) is 3.64. The van der Waals surface area contributed by atoms with E-state index < -0.39 is 5.60 Å². The van der Waals surface area contributed by atoms with Crippen molar-refractivity contribution in [1.82, 2.24) is 0 Å². The van der Waals surface area contributed by atoms with E-state index in [-0.39, 0.29) is 0 Å². The van der Waals surface area contributed by atoms with Crippen molar-refractivity contribution in [1.29, 1.82) is 0 Å². The minimum atomic E-state index is -0.481. The van der Waals surface area contributed by atoms with Gasteiger partial charge in [0.25, 0.3) is 0 Å². The van der Waals surface area contributed by atoms with Crippen LogP contribution in [0.5, 0.6) is 0 Å². The van der Waals surface area contributed by atoms with Crippen LogP contribution in [0.3, 0.4) is 0 Å². The van der Waals surface area contributed by atoms with E-state index in [4.69, 9.17) is 0 Å². The maximum absolute atomic E-state index is 9.61. The maximum Gasteiger partial charge on any atom is 0.0622 e. The highest BCUT2D eigenvalue weighted by Gasteiger charge is 2.25. The molecule has 0 saturated heterocycles. The van der Waals surface area contributed by atoms with Gasteiger partial charge in [0.2, 0.25) is 0 Å². The second kappa shape index (κ2) is 2.75. The molecule has 1 N–H and O–H groups in total. The third kappa shape index (κ3) is 1.84. The van der Waals surface area contributed by atoms with E-state index in [9.17, 15) is 5.11 Å². The number of rotatable bonds is 1. The highest BCUT2D eigenvalue weighted by Crippen LogP contribution is 2.28. The summed E-state index contributed by atoms with van der Waals surface area (Å²) in [6, 6.07) is 0. The Kier molecular flexibility index (Phi) is 2.14. The molecule has 0 radical (unpaired) electrons. The molecule has 1 heteroatoms. The van der Waals surface area contributed by atoms with Gasteiger partial charge in [0, 0.05) is 0 Å². The van der Waals surface area contributed by atoms with Crippen LogP contribution in [-0.2, 0) is 0 Å². The fourth-order valence-corrected chi connectivity index (χ4v) is 1.44. The number of aliphatic hydroxyl groups is 1. The van der Waals surface area contributed by atoms with Gasteiger partial charge in [0.1, 0.15) is 0 Å². The van der Waals surface area contributed by atoms with E-state index in [0.717, 1.165) is 19.3 Å². The van der Waals surface area contributed by atoms with Gasteiger partial charge in [-0.25, -0.2) is 0 Å². The third-order valence-corrected chi connectivity index (χ3v) is 2.27. The molecule has 0 unspecified atom stereocenters. The van der Waals surface area contributed by atoms with Gasteiger partial charge in [0.15, 0.2) is 0 Å². The van der Waals surface area contributed by atoms with Crippen LogP contribution >= 0.6 is 0 Å². The van der Waals surface area contributed by atoms with Crippen LogP contribution in [0.4, 0.5) is 0 Å². The standard InChI is InChI=1S/C9H16O/c1-9(2,10)8-6-4-3-5-7-8/h3-4,8,10H,5-7H2,1-2H3/t8-/m1/s1. The quantitative estimate of drug-likeness (QED) is 0.553. The monoisotopic (exact) mass is 140 g/mol. The van der Waals surface area contributed by atoms with Crippen LogP contribution in [0.1, 0.15) is 33.1 Å². The lowest BCUT2D eigenvalue weighted by atomic mass is 9.82. The molecule has 0 saturated carbocycles. The summed E-state index contributed by atoms with van der Waals surface area (Å²) in [5.41, 5.74) is -0.481. The largest absolute Gasteiger partial charge is 0.390 e. The van der Waals surface area contributed by atoms with Crippen molar-refractivity contribution in [3.8, 4) is 0 Å². The Hall–Kier alpha value is -0.300. The average Bonchev–Trinajstić information content (AvgIpc) is 1.88. The molecule has 0 aromatic rings. The molecule has 0 amide bonds. The third-order valence-electron chi connectivity index (χ3n) is 2.27. The molecular weight excluding hydrogens is 124 g/mol. The number of hydrogen-bond acceptors (Lipinski definition) is 1. The Balaban J connectivity index is 2.49. The van der Waals surface area contributed by atoms with Crippen molar-refractivity contribution in [2.75, 3.05) is 0 Å². The molecule has 58 valence electrons. The summed E-state index contributed by atoms with van der Waals surface area (Å²) >= 11 is 0. The molecule has 0 bridgehead atoms. The molecule has 0 aliphatic heterocycles. The molecule has 1 atom stereocenters. The molecule has 0 fully saturated rings. The Bertz CT molecular complexity index is 130. The smallest absolute Gasteiger partial charge is 0.0622 e. The molecule has 0 aromatic heterocycles. The zero-order valence-corrected chi connectivity index (χ0v) is 6.80. The first-order chi connectivity index (χ1) is 4.61. The van der Waals surface area contributed by atoms with E-state index in [1.807, 2.05) is 13.8 Å². The molecule has 1 aliphatic rings. The van der Waals surface area contributed by atoms with Gasteiger partial charge in [-0.15, -0.1) is 0 Å². The van der Waals surface area contributed by atoms with Crippen molar-refractivity contribution >= 4 is 0 Å². The average molecular weight is 140 g/mol. The van der Waals surface area contributed by atoms with Crippen molar-refractivity contribution in [2.45, 2.75) is 38.7 Å². The first-order valence-electron chi connectivity index (χ1n) is 3.98. The summed E-state index contributed by atoms with van der Waals surface area (Å²) in [5, 5.41) is 9.61. The summed E-state index contributed by atoms with van der Waals surface area (Å²) < 4.78 is 0. The predicted molar refractivity (Wildman–Crippen MR) is 42.8 cm³/mol. The van der Waals surface area contributed by atoms with Crippen molar-refractivity contribution in [3.63, 3.8) is 0 Å². The summed E-state index contributed by atoms with van der Waals surface area (Å²) in [6.07, 6.45) is 7.69. The SMILES string of the molecule is CC(C)(O)[C@@H]1CC=CCC1. The predicted octanol–water partition coefficient (Wildman–Crippen LogP) is 2.11. The van der Waals surface area contributed by atoms with Crippen molar-refractivity contribution < 1.29 is 5.11 Å². The summed E-state index contributed by atoms with van der Waals surface area (Å²) in [4.78, 5) is 0. The molecule has 1 rings (SSSR count). The Morgan fingerprint density at radius 3 is 2.40 bits per heavy atom. The van der Waals surface area contributed by atoms with Gasteiger partial charge in [-0.2, -0.15) is 0 Å².